The Morgan fingerprint density at radius 2 is 2.29 bits per heavy atom. The van der Waals surface area contributed by atoms with Crippen LogP contribution in [0.3, 0.4) is 0 Å². The van der Waals surface area contributed by atoms with Gasteiger partial charge in [0.2, 0.25) is 5.88 Å². The third-order valence-corrected chi connectivity index (χ3v) is 1.84. The van der Waals surface area contributed by atoms with Crippen LogP contribution in [0, 0.1) is 11.3 Å². The Morgan fingerprint density at radius 1 is 1.64 bits per heavy atom. The normalized spacial score (nSPS) is 10.0. The molecule has 3 nitrogen and oxygen atoms in total. The summed E-state index contributed by atoms with van der Waals surface area (Å²) in [5.41, 5.74) is -0.865. The highest BCUT2D eigenvalue weighted by atomic mass is 35.5. The average molecular weight is 219 g/mol. The van der Waals surface area contributed by atoms with Gasteiger partial charge in [-0.05, 0) is 0 Å². The number of nitrogens with zero attached hydrogens (tertiary/aromatic N) is 2. The Bertz CT molecular complexity index is 390. The predicted octanol–water partition coefficient (Wildman–Crippen LogP) is 2.55. The molecule has 0 atom stereocenters. The fraction of sp³-hybridized carbons (Fsp3) is 0.250. The number of aromatic nitrogens is 1. The molecule has 74 valence electrons. The molecule has 1 heterocycles. The Balaban J connectivity index is 3.46. The van der Waals surface area contributed by atoms with Crippen molar-refractivity contribution in [1.82, 2.24) is 4.98 Å². The molecule has 0 unspecified atom stereocenters. The lowest BCUT2D eigenvalue weighted by molar-refractivity contribution is 0.145. The Labute approximate surface area is 83.9 Å². The molecule has 1 aromatic rings. The summed E-state index contributed by atoms with van der Waals surface area (Å²) in [4.78, 5) is 3.54. The predicted molar refractivity (Wildman–Crippen MR) is 45.5 cm³/mol. The van der Waals surface area contributed by atoms with Crippen LogP contribution < -0.4 is 4.74 Å². The van der Waals surface area contributed by atoms with Crippen molar-refractivity contribution in [3.05, 3.63) is 22.3 Å². The first kappa shape index (κ1) is 10.7. The Hall–Kier alpha value is -1.41. The molecular weight excluding hydrogens is 214 g/mol. The van der Waals surface area contributed by atoms with Gasteiger partial charge >= 0.3 is 0 Å². The van der Waals surface area contributed by atoms with E-state index in [2.05, 4.69) is 9.72 Å². The van der Waals surface area contributed by atoms with E-state index in [1.807, 2.05) is 0 Å². The summed E-state index contributed by atoms with van der Waals surface area (Å²) in [5.74, 6) is -0.277. The molecule has 0 N–H and O–H groups in total. The van der Waals surface area contributed by atoms with E-state index in [-0.39, 0.29) is 16.5 Å². The molecule has 0 radical (unpaired) electrons. The molecule has 14 heavy (non-hydrogen) atoms. The minimum Gasteiger partial charge on any atom is -0.481 e. The van der Waals surface area contributed by atoms with E-state index in [1.54, 1.807) is 6.07 Å². The van der Waals surface area contributed by atoms with Gasteiger partial charge in [-0.3, -0.25) is 0 Å². The first-order valence-corrected chi connectivity index (χ1v) is 3.90. The molecule has 0 aliphatic carbocycles. The fourth-order valence-electron chi connectivity index (χ4n) is 0.964. The minimum absolute atomic E-state index is 0.108. The monoisotopic (exact) mass is 218 g/mol. The van der Waals surface area contributed by atoms with Crippen molar-refractivity contribution >= 4 is 11.6 Å². The Morgan fingerprint density at radius 3 is 2.71 bits per heavy atom. The van der Waals surface area contributed by atoms with Gasteiger partial charge in [-0.25, -0.2) is 13.8 Å². The summed E-state index contributed by atoms with van der Waals surface area (Å²) >= 11 is 5.53. The van der Waals surface area contributed by atoms with Crippen molar-refractivity contribution in [3.63, 3.8) is 0 Å². The maximum atomic E-state index is 12.5. The number of rotatable bonds is 2. The van der Waals surface area contributed by atoms with Crippen molar-refractivity contribution in [2.75, 3.05) is 7.11 Å². The molecule has 0 bridgehead atoms. The second-order valence-corrected chi connectivity index (χ2v) is 2.72. The second-order valence-electron chi connectivity index (χ2n) is 2.32. The second kappa shape index (κ2) is 4.20. The van der Waals surface area contributed by atoms with Crippen molar-refractivity contribution in [3.8, 4) is 11.9 Å². The molecule has 0 aliphatic heterocycles. The SMILES string of the molecule is COc1ncc(Cl)c(C#N)c1C(F)F. The molecule has 0 saturated heterocycles. The third-order valence-electron chi connectivity index (χ3n) is 1.56. The van der Waals surface area contributed by atoms with Gasteiger partial charge in [0.15, 0.2) is 0 Å². The standard InChI is InChI=1S/C8H5ClF2N2O/c1-14-8-6(7(10)11)4(2-12)5(9)3-13-8/h3,7H,1H3. The van der Waals surface area contributed by atoms with Crippen LogP contribution in [0.15, 0.2) is 6.20 Å². The molecule has 0 fully saturated rings. The van der Waals surface area contributed by atoms with Crippen LogP contribution >= 0.6 is 11.6 Å². The van der Waals surface area contributed by atoms with Gasteiger partial charge < -0.3 is 4.74 Å². The summed E-state index contributed by atoms with van der Waals surface area (Å²) in [7, 11) is 1.20. The largest absolute Gasteiger partial charge is 0.481 e. The van der Waals surface area contributed by atoms with E-state index >= 15 is 0 Å². The van der Waals surface area contributed by atoms with Crippen molar-refractivity contribution in [2.45, 2.75) is 6.43 Å². The van der Waals surface area contributed by atoms with E-state index in [1.165, 1.54) is 7.11 Å². The van der Waals surface area contributed by atoms with Crippen LogP contribution in [-0.2, 0) is 0 Å². The number of alkyl halides is 2. The van der Waals surface area contributed by atoms with Crippen LogP contribution in [-0.4, -0.2) is 12.1 Å². The van der Waals surface area contributed by atoms with Gasteiger partial charge in [-0.1, -0.05) is 11.6 Å². The lowest BCUT2D eigenvalue weighted by Crippen LogP contribution is -1.99. The highest BCUT2D eigenvalue weighted by Crippen LogP contribution is 2.33. The van der Waals surface area contributed by atoms with Crippen LogP contribution in [0.5, 0.6) is 5.88 Å². The molecular formula is C8H5ClF2N2O. The third kappa shape index (κ3) is 1.75. The maximum absolute atomic E-state index is 12.5. The van der Waals surface area contributed by atoms with E-state index in [4.69, 9.17) is 16.9 Å². The molecule has 0 spiro atoms. The topological polar surface area (TPSA) is 45.9 Å². The van der Waals surface area contributed by atoms with E-state index in [9.17, 15) is 8.78 Å². The van der Waals surface area contributed by atoms with Gasteiger partial charge in [0, 0.05) is 0 Å². The zero-order valence-corrected chi connectivity index (χ0v) is 7.85. The number of pyridine rings is 1. The van der Waals surface area contributed by atoms with Crippen LogP contribution in [0.25, 0.3) is 0 Å². The van der Waals surface area contributed by atoms with Crippen molar-refractivity contribution in [2.24, 2.45) is 0 Å². The van der Waals surface area contributed by atoms with Crippen LogP contribution in [0.2, 0.25) is 5.02 Å². The molecule has 1 aromatic heterocycles. The lowest BCUT2D eigenvalue weighted by atomic mass is 10.1. The summed E-state index contributed by atoms with van der Waals surface area (Å²) in [5, 5.41) is 8.51. The minimum atomic E-state index is -2.84. The molecule has 0 aliphatic rings. The van der Waals surface area contributed by atoms with Gasteiger partial charge in [0.25, 0.3) is 6.43 Å². The highest BCUT2D eigenvalue weighted by molar-refractivity contribution is 6.31. The van der Waals surface area contributed by atoms with Gasteiger partial charge in [0.1, 0.15) is 6.07 Å². The van der Waals surface area contributed by atoms with Crippen molar-refractivity contribution < 1.29 is 13.5 Å². The van der Waals surface area contributed by atoms with Gasteiger partial charge in [-0.2, -0.15) is 5.26 Å². The quantitative estimate of drug-likeness (QED) is 0.766. The average Bonchev–Trinajstić information content (AvgIpc) is 2.17. The fourth-order valence-corrected chi connectivity index (χ4v) is 1.16. The first-order valence-electron chi connectivity index (χ1n) is 3.52. The number of nitriles is 1. The summed E-state index contributed by atoms with van der Waals surface area (Å²) in [6.07, 6.45) is -1.74. The zero-order valence-electron chi connectivity index (χ0n) is 7.09. The van der Waals surface area contributed by atoms with Gasteiger partial charge in [0.05, 0.1) is 29.5 Å². The van der Waals surface area contributed by atoms with Crippen LogP contribution in [0.1, 0.15) is 17.6 Å². The van der Waals surface area contributed by atoms with Crippen molar-refractivity contribution in [1.29, 1.82) is 5.26 Å². The number of hydrogen-bond donors (Lipinski definition) is 0. The molecule has 6 heteroatoms. The van der Waals surface area contributed by atoms with E-state index in [0.29, 0.717) is 0 Å². The summed E-state index contributed by atoms with van der Waals surface area (Å²) in [6, 6.07) is 1.59. The summed E-state index contributed by atoms with van der Waals surface area (Å²) < 4.78 is 29.6. The maximum Gasteiger partial charge on any atom is 0.270 e. The first-order chi connectivity index (χ1) is 6.61. The molecule has 0 aromatic carbocycles. The molecule has 0 saturated carbocycles. The number of ether oxygens (including phenoxy) is 1. The number of methoxy groups -OCH3 is 1. The number of halogens is 3. The van der Waals surface area contributed by atoms with Crippen LogP contribution in [0.4, 0.5) is 8.78 Å². The smallest absolute Gasteiger partial charge is 0.270 e. The lowest BCUT2D eigenvalue weighted by Gasteiger charge is -2.08. The summed E-state index contributed by atoms with van der Waals surface area (Å²) in [6.45, 7) is 0. The molecule has 1 rings (SSSR count). The highest BCUT2D eigenvalue weighted by Gasteiger charge is 2.22. The van der Waals surface area contributed by atoms with E-state index < -0.39 is 12.0 Å². The molecule has 0 amide bonds. The zero-order chi connectivity index (χ0) is 10.7. The Kier molecular flexibility index (Phi) is 3.20. The van der Waals surface area contributed by atoms with Gasteiger partial charge in [-0.15, -0.1) is 0 Å². The van der Waals surface area contributed by atoms with E-state index in [0.717, 1.165) is 6.20 Å². The number of hydrogen-bond acceptors (Lipinski definition) is 3.